The molecule has 21 heavy (non-hydrogen) atoms. The molecule has 0 radical (unpaired) electrons. The van der Waals surface area contributed by atoms with Crippen molar-refractivity contribution in [3.05, 3.63) is 24.3 Å². The van der Waals surface area contributed by atoms with Gasteiger partial charge in [0.05, 0.1) is 12.4 Å². The molecule has 1 heterocycles. The number of carbonyl (C=O) groups is 1. The minimum Gasteiger partial charge on any atom is -0.497 e. The predicted molar refractivity (Wildman–Crippen MR) is 78.3 cm³/mol. The Labute approximate surface area is 124 Å². The smallest absolute Gasteiger partial charge is 0.260 e. The van der Waals surface area contributed by atoms with Crippen molar-refractivity contribution in [2.24, 2.45) is 0 Å². The molecule has 1 aliphatic rings. The summed E-state index contributed by atoms with van der Waals surface area (Å²) in [5.41, 5.74) is 0. The zero-order valence-electron chi connectivity index (χ0n) is 12.1. The number of sulfone groups is 1. The van der Waals surface area contributed by atoms with Crippen LogP contribution < -0.4 is 9.47 Å². The van der Waals surface area contributed by atoms with Crippen molar-refractivity contribution in [3.8, 4) is 11.5 Å². The first-order valence-electron chi connectivity index (χ1n) is 6.72. The summed E-state index contributed by atoms with van der Waals surface area (Å²) in [6, 6.07) is 6.92. The molecule has 1 aromatic carbocycles. The summed E-state index contributed by atoms with van der Waals surface area (Å²) in [6.07, 6.45) is 0. The van der Waals surface area contributed by atoms with Gasteiger partial charge < -0.3 is 14.4 Å². The minimum absolute atomic E-state index is 0.0920. The minimum atomic E-state index is -3.05. The van der Waals surface area contributed by atoms with Crippen LogP contribution in [0.3, 0.4) is 0 Å². The fraction of sp³-hybridized carbons (Fsp3) is 0.500. The monoisotopic (exact) mass is 313 g/mol. The van der Waals surface area contributed by atoms with E-state index in [0.29, 0.717) is 11.5 Å². The third-order valence-corrected chi connectivity index (χ3v) is 5.65. The maximum atomic E-state index is 11.9. The van der Waals surface area contributed by atoms with Gasteiger partial charge in [-0.05, 0) is 24.3 Å². The standard InChI is InChI=1S/C14H19NO5S/c1-3-21(17,18)13-8-15(9-13)14(16)10-20-12-6-4-11(19-2)5-7-12/h4-7,13H,3,8-10H2,1-2H3. The first kappa shape index (κ1) is 15.6. The molecule has 0 atom stereocenters. The second-order valence-corrected chi connectivity index (χ2v) is 7.41. The number of benzene rings is 1. The second-order valence-electron chi connectivity index (χ2n) is 4.84. The van der Waals surface area contributed by atoms with Crippen LogP contribution in [0, 0.1) is 0 Å². The Bertz CT molecular complexity index is 590. The van der Waals surface area contributed by atoms with E-state index < -0.39 is 15.1 Å². The highest BCUT2D eigenvalue weighted by Gasteiger charge is 2.38. The highest BCUT2D eigenvalue weighted by atomic mass is 32.2. The van der Waals surface area contributed by atoms with E-state index in [1.807, 2.05) is 0 Å². The van der Waals surface area contributed by atoms with Crippen LogP contribution in [0.15, 0.2) is 24.3 Å². The lowest BCUT2D eigenvalue weighted by Crippen LogP contribution is -2.58. The summed E-state index contributed by atoms with van der Waals surface area (Å²) < 4.78 is 33.6. The number of likely N-dealkylation sites (tertiary alicyclic amines) is 1. The molecule has 0 saturated carbocycles. The predicted octanol–water partition coefficient (Wildman–Crippen LogP) is 0.719. The van der Waals surface area contributed by atoms with Crippen LogP contribution in [0.4, 0.5) is 0 Å². The summed E-state index contributed by atoms with van der Waals surface area (Å²) in [6.45, 7) is 2.06. The van der Waals surface area contributed by atoms with Crippen molar-refractivity contribution < 1.29 is 22.7 Å². The van der Waals surface area contributed by atoms with Gasteiger partial charge in [0.1, 0.15) is 11.5 Å². The van der Waals surface area contributed by atoms with E-state index in [2.05, 4.69) is 0 Å². The van der Waals surface area contributed by atoms with Crippen molar-refractivity contribution in [1.29, 1.82) is 0 Å². The normalized spacial score (nSPS) is 15.4. The Balaban J connectivity index is 1.78. The highest BCUT2D eigenvalue weighted by molar-refractivity contribution is 7.92. The zero-order chi connectivity index (χ0) is 15.5. The fourth-order valence-electron chi connectivity index (χ4n) is 2.01. The number of ether oxygens (including phenoxy) is 2. The van der Waals surface area contributed by atoms with E-state index in [4.69, 9.17) is 9.47 Å². The van der Waals surface area contributed by atoms with Crippen LogP contribution in [0.1, 0.15) is 6.92 Å². The van der Waals surface area contributed by atoms with E-state index in [1.165, 1.54) is 4.90 Å². The Kier molecular flexibility index (Phi) is 4.72. The molecule has 0 aromatic heterocycles. The van der Waals surface area contributed by atoms with Gasteiger partial charge in [-0.15, -0.1) is 0 Å². The molecule has 1 amide bonds. The topological polar surface area (TPSA) is 72.9 Å². The summed E-state index contributed by atoms with van der Waals surface area (Å²) >= 11 is 0. The molecule has 1 aliphatic heterocycles. The average molecular weight is 313 g/mol. The van der Waals surface area contributed by atoms with Gasteiger partial charge in [-0.3, -0.25) is 4.79 Å². The summed E-state index contributed by atoms with van der Waals surface area (Å²) in [4.78, 5) is 13.4. The Morgan fingerprint density at radius 2 is 1.81 bits per heavy atom. The van der Waals surface area contributed by atoms with Crippen molar-refractivity contribution in [2.45, 2.75) is 12.2 Å². The molecule has 6 nitrogen and oxygen atoms in total. The van der Waals surface area contributed by atoms with Crippen molar-refractivity contribution in [1.82, 2.24) is 4.90 Å². The number of amides is 1. The number of hydrogen-bond acceptors (Lipinski definition) is 5. The van der Waals surface area contributed by atoms with Crippen LogP contribution in [0.5, 0.6) is 11.5 Å². The SMILES string of the molecule is CCS(=O)(=O)C1CN(C(=O)COc2ccc(OC)cc2)C1. The molecule has 1 fully saturated rings. The first-order valence-corrected chi connectivity index (χ1v) is 8.44. The number of methoxy groups -OCH3 is 1. The molecule has 1 aromatic rings. The first-order chi connectivity index (χ1) is 9.96. The van der Waals surface area contributed by atoms with Crippen LogP contribution in [0.2, 0.25) is 0 Å². The summed E-state index contributed by atoms with van der Waals surface area (Å²) in [5.74, 6) is 1.20. The largest absolute Gasteiger partial charge is 0.497 e. The van der Waals surface area contributed by atoms with Gasteiger partial charge >= 0.3 is 0 Å². The molecular weight excluding hydrogens is 294 g/mol. The number of rotatable bonds is 6. The van der Waals surface area contributed by atoms with Crippen molar-refractivity contribution in [2.75, 3.05) is 32.6 Å². The van der Waals surface area contributed by atoms with Gasteiger partial charge in [-0.1, -0.05) is 6.92 Å². The van der Waals surface area contributed by atoms with Crippen LogP contribution >= 0.6 is 0 Å². The Morgan fingerprint density at radius 3 is 2.33 bits per heavy atom. The third kappa shape index (κ3) is 3.66. The van der Waals surface area contributed by atoms with E-state index in [1.54, 1.807) is 38.3 Å². The lowest BCUT2D eigenvalue weighted by molar-refractivity contribution is -0.136. The molecule has 0 bridgehead atoms. The van der Waals surface area contributed by atoms with Crippen molar-refractivity contribution in [3.63, 3.8) is 0 Å². The lowest BCUT2D eigenvalue weighted by atomic mass is 10.2. The van der Waals surface area contributed by atoms with E-state index in [-0.39, 0.29) is 31.4 Å². The molecular formula is C14H19NO5S. The summed E-state index contributed by atoms with van der Waals surface area (Å²) in [5, 5.41) is -0.424. The molecule has 0 unspecified atom stereocenters. The van der Waals surface area contributed by atoms with E-state index in [9.17, 15) is 13.2 Å². The molecule has 0 spiro atoms. The second kappa shape index (κ2) is 6.34. The summed E-state index contributed by atoms with van der Waals surface area (Å²) in [7, 11) is -1.48. The molecule has 0 aliphatic carbocycles. The Hall–Kier alpha value is -1.76. The average Bonchev–Trinajstić information content (AvgIpc) is 2.43. The highest BCUT2D eigenvalue weighted by Crippen LogP contribution is 2.19. The van der Waals surface area contributed by atoms with E-state index in [0.717, 1.165) is 0 Å². The maximum Gasteiger partial charge on any atom is 0.260 e. The van der Waals surface area contributed by atoms with Crippen LogP contribution in [0.25, 0.3) is 0 Å². The lowest BCUT2D eigenvalue weighted by Gasteiger charge is -2.38. The Morgan fingerprint density at radius 1 is 1.24 bits per heavy atom. The van der Waals surface area contributed by atoms with Gasteiger partial charge in [0.15, 0.2) is 16.4 Å². The van der Waals surface area contributed by atoms with Crippen LogP contribution in [-0.2, 0) is 14.6 Å². The van der Waals surface area contributed by atoms with Gasteiger partial charge in [0.2, 0.25) is 0 Å². The van der Waals surface area contributed by atoms with E-state index >= 15 is 0 Å². The fourth-order valence-corrected chi connectivity index (χ4v) is 3.30. The number of nitrogens with zero attached hydrogens (tertiary/aromatic N) is 1. The molecule has 0 N–H and O–H groups in total. The van der Waals surface area contributed by atoms with Gasteiger partial charge in [0, 0.05) is 18.8 Å². The number of hydrogen-bond donors (Lipinski definition) is 0. The molecule has 2 rings (SSSR count). The van der Waals surface area contributed by atoms with Gasteiger partial charge in [-0.25, -0.2) is 8.42 Å². The zero-order valence-corrected chi connectivity index (χ0v) is 12.9. The van der Waals surface area contributed by atoms with Crippen molar-refractivity contribution >= 4 is 15.7 Å². The quantitative estimate of drug-likeness (QED) is 0.774. The van der Waals surface area contributed by atoms with Gasteiger partial charge in [0.25, 0.3) is 5.91 Å². The molecule has 7 heteroatoms. The van der Waals surface area contributed by atoms with Gasteiger partial charge in [-0.2, -0.15) is 0 Å². The third-order valence-electron chi connectivity index (χ3n) is 3.53. The molecule has 1 saturated heterocycles. The van der Waals surface area contributed by atoms with Crippen LogP contribution in [-0.4, -0.2) is 57.0 Å². The molecule has 116 valence electrons. The number of carbonyl (C=O) groups excluding carboxylic acids is 1. The maximum absolute atomic E-state index is 11.9.